The topological polar surface area (TPSA) is 112 Å². The van der Waals surface area contributed by atoms with E-state index in [9.17, 15) is 14.4 Å². The Balaban J connectivity index is 0.000000225. The van der Waals surface area contributed by atoms with Crippen molar-refractivity contribution >= 4 is 17.6 Å². The summed E-state index contributed by atoms with van der Waals surface area (Å²) >= 11 is 0. The van der Waals surface area contributed by atoms with Gasteiger partial charge in [-0.1, -0.05) is 48.6 Å². The van der Waals surface area contributed by atoms with Gasteiger partial charge in [-0.05, 0) is 37.1 Å². The molecule has 1 aliphatic rings. The highest BCUT2D eigenvalue weighted by Gasteiger charge is 2.34. The summed E-state index contributed by atoms with van der Waals surface area (Å²) in [5, 5.41) is 20.5. The van der Waals surface area contributed by atoms with Crippen LogP contribution in [0.3, 0.4) is 0 Å². The maximum absolute atomic E-state index is 12.7. The van der Waals surface area contributed by atoms with E-state index in [0.29, 0.717) is 10.0 Å². The van der Waals surface area contributed by atoms with Gasteiger partial charge in [0.2, 0.25) is 0 Å². The zero-order chi connectivity index (χ0) is 25.8. The number of quaternary nitrogens is 1. The molecule has 8 nitrogen and oxygen atoms in total. The Morgan fingerprint density at radius 3 is 2.31 bits per heavy atom. The lowest BCUT2D eigenvalue weighted by Gasteiger charge is -2.23. The predicted molar refractivity (Wildman–Crippen MR) is 137 cm³/mol. The zero-order valence-corrected chi connectivity index (χ0v) is 20.2. The average molecular weight is 477 g/mol. The Morgan fingerprint density at radius 2 is 1.71 bits per heavy atom. The highest BCUT2D eigenvalue weighted by atomic mass is 16.4. The van der Waals surface area contributed by atoms with Gasteiger partial charge in [-0.25, -0.2) is 9.48 Å². The third-order valence-corrected chi connectivity index (χ3v) is 5.80. The molecule has 1 unspecified atom stereocenters. The van der Waals surface area contributed by atoms with Gasteiger partial charge in [-0.2, -0.15) is 0 Å². The molecule has 0 fully saturated rings. The SMILES string of the molecule is CC1(C(=O)O)C=CC=C(C(=O)O)C1.C[N+](C)(C)c1cccc(-c2c[nH]n(-c3ccccc3)c2=O)c1. The smallest absolute Gasteiger partial charge is 0.331 e. The average Bonchev–Trinajstić information content (AvgIpc) is 3.21. The van der Waals surface area contributed by atoms with Crippen LogP contribution < -0.4 is 10.0 Å². The lowest BCUT2D eigenvalue weighted by molar-refractivity contribution is -0.145. The predicted octanol–water partition coefficient (Wildman–Crippen LogP) is 4.08. The summed E-state index contributed by atoms with van der Waals surface area (Å²) < 4.78 is 2.28. The number of carboxylic acids is 2. The number of hydrogen-bond donors (Lipinski definition) is 3. The minimum Gasteiger partial charge on any atom is -0.481 e. The van der Waals surface area contributed by atoms with E-state index in [2.05, 4.69) is 38.4 Å². The molecular weight excluding hydrogens is 446 g/mol. The van der Waals surface area contributed by atoms with Crippen LogP contribution in [0, 0.1) is 5.41 Å². The number of para-hydroxylation sites is 1. The van der Waals surface area contributed by atoms with Gasteiger partial charge < -0.3 is 10.2 Å². The van der Waals surface area contributed by atoms with E-state index in [-0.39, 0.29) is 17.6 Å². The number of aromatic amines is 1. The van der Waals surface area contributed by atoms with E-state index in [1.807, 2.05) is 42.5 Å². The molecule has 1 aromatic heterocycles. The number of carboxylic acid groups (broad SMARTS) is 2. The lowest BCUT2D eigenvalue weighted by Crippen LogP contribution is -2.34. The van der Waals surface area contributed by atoms with E-state index >= 15 is 0 Å². The van der Waals surface area contributed by atoms with E-state index in [0.717, 1.165) is 16.9 Å². The molecule has 2 aromatic carbocycles. The number of aromatic nitrogens is 2. The molecule has 35 heavy (non-hydrogen) atoms. The number of hydrogen-bond acceptors (Lipinski definition) is 3. The highest BCUT2D eigenvalue weighted by molar-refractivity contribution is 5.90. The minimum atomic E-state index is -1.08. The van der Waals surface area contributed by atoms with Crippen molar-refractivity contribution in [1.82, 2.24) is 14.3 Å². The molecule has 0 spiro atoms. The van der Waals surface area contributed by atoms with Crippen LogP contribution in [0.1, 0.15) is 13.3 Å². The van der Waals surface area contributed by atoms with Crippen LogP contribution in [-0.4, -0.2) is 53.1 Å². The van der Waals surface area contributed by atoms with Gasteiger partial charge in [-0.3, -0.25) is 19.2 Å². The Morgan fingerprint density at radius 1 is 1.03 bits per heavy atom. The fourth-order valence-corrected chi connectivity index (χ4v) is 3.62. The summed E-state index contributed by atoms with van der Waals surface area (Å²) in [7, 11) is 6.33. The van der Waals surface area contributed by atoms with Crippen molar-refractivity contribution in [3.8, 4) is 16.8 Å². The first kappa shape index (κ1) is 25.5. The Hall–Kier alpha value is -4.17. The quantitative estimate of drug-likeness (QED) is 0.481. The summed E-state index contributed by atoms with van der Waals surface area (Å²) in [5.41, 5.74) is 2.62. The molecule has 0 saturated heterocycles. The molecule has 8 heteroatoms. The second-order valence-electron chi connectivity index (χ2n) is 9.48. The molecule has 1 heterocycles. The number of nitrogens with one attached hydrogen (secondary N) is 1. The summed E-state index contributed by atoms with van der Waals surface area (Å²) in [6.07, 6.45) is 6.20. The van der Waals surface area contributed by atoms with Crippen molar-refractivity contribution in [3.05, 3.63) is 94.9 Å². The fourth-order valence-electron chi connectivity index (χ4n) is 3.62. The Labute approximate surface area is 203 Å². The maximum atomic E-state index is 12.7. The molecule has 182 valence electrons. The molecule has 4 rings (SSSR count). The third-order valence-electron chi connectivity index (χ3n) is 5.80. The number of rotatable bonds is 5. The number of nitrogens with zero attached hydrogens (tertiary/aromatic N) is 2. The van der Waals surface area contributed by atoms with Crippen LogP contribution in [0.2, 0.25) is 0 Å². The first-order valence-electron chi connectivity index (χ1n) is 11.1. The van der Waals surface area contributed by atoms with Crippen molar-refractivity contribution in [2.24, 2.45) is 5.41 Å². The molecule has 1 atom stereocenters. The van der Waals surface area contributed by atoms with Gasteiger partial charge in [-0.15, -0.1) is 0 Å². The fraction of sp³-hybridized carbons (Fsp3) is 0.222. The molecule has 3 aromatic rings. The number of carbonyl (C=O) groups is 2. The third kappa shape index (κ3) is 5.85. The number of benzene rings is 2. The van der Waals surface area contributed by atoms with Crippen molar-refractivity contribution in [1.29, 1.82) is 0 Å². The molecule has 3 N–H and O–H groups in total. The largest absolute Gasteiger partial charge is 0.481 e. The molecular formula is C27H30N3O5+. The van der Waals surface area contributed by atoms with Crippen molar-refractivity contribution in [2.45, 2.75) is 13.3 Å². The molecule has 0 aliphatic heterocycles. The monoisotopic (exact) mass is 476 g/mol. The van der Waals surface area contributed by atoms with Crippen LogP contribution in [0.5, 0.6) is 0 Å². The standard InChI is InChI=1S/C18H19N3O.C9H10O4/c1-21(2,3)16-11-7-8-14(12-16)17-13-19-20(18(17)22)15-9-5-4-6-10-15;1-9(8(12)13)4-2-3-6(5-9)7(10)11/h4-13H,1-3H3;2-4H,5H2,1H3,(H,10,11)(H,12,13)/p+1. The highest BCUT2D eigenvalue weighted by Crippen LogP contribution is 2.31. The Kier molecular flexibility index (Phi) is 7.26. The van der Waals surface area contributed by atoms with Gasteiger partial charge in [0.1, 0.15) is 5.69 Å². The van der Waals surface area contributed by atoms with Crippen LogP contribution in [0.4, 0.5) is 5.69 Å². The number of H-pyrrole nitrogens is 1. The Bertz CT molecular complexity index is 1340. The van der Waals surface area contributed by atoms with Crippen LogP contribution >= 0.6 is 0 Å². The van der Waals surface area contributed by atoms with Crippen LogP contribution in [-0.2, 0) is 9.59 Å². The van der Waals surface area contributed by atoms with E-state index < -0.39 is 17.4 Å². The van der Waals surface area contributed by atoms with Gasteiger partial charge in [0.05, 0.1) is 37.8 Å². The van der Waals surface area contributed by atoms with Gasteiger partial charge in [0.15, 0.2) is 0 Å². The van der Waals surface area contributed by atoms with Gasteiger partial charge in [0.25, 0.3) is 5.56 Å². The first-order valence-corrected chi connectivity index (χ1v) is 11.1. The molecule has 0 bridgehead atoms. The van der Waals surface area contributed by atoms with E-state index in [1.165, 1.54) is 25.2 Å². The van der Waals surface area contributed by atoms with Crippen molar-refractivity contribution < 1.29 is 19.8 Å². The van der Waals surface area contributed by atoms with Gasteiger partial charge >= 0.3 is 11.9 Å². The van der Waals surface area contributed by atoms with E-state index in [4.69, 9.17) is 10.2 Å². The van der Waals surface area contributed by atoms with Crippen LogP contribution in [0.15, 0.2) is 89.4 Å². The summed E-state index contributed by atoms with van der Waals surface area (Å²) in [5.74, 6) is -2.06. The van der Waals surface area contributed by atoms with E-state index in [1.54, 1.807) is 10.9 Å². The maximum Gasteiger partial charge on any atom is 0.331 e. The van der Waals surface area contributed by atoms with Crippen molar-refractivity contribution in [2.75, 3.05) is 21.1 Å². The second-order valence-corrected chi connectivity index (χ2v) is 9.48. The first-order chi connectivity index (χ1) is 16.4. The summed E-state index contributed by atoms with van der Waals surface area (Å²) in [6, 6.07) is 17.7. The second kappa shape index (κ2) is 9.99. The summed E-state index contributed by atoms with van der Waals surface area (Å²) in [4.78, 5) is 34.0. The molecule has 0 radical (unpaired) electrons. The lowest BCUT2D eigenvalue weighted by atomic mass is 9.80. The number of allylic oxidation sites excluding steroid dienone is 2. The molecule has 0 amide bonds. The van der Waals surface area contributed by atoms with Crippen LogP contribution in [0.25, 0.3) is 16.8 Å². The minimum absolute atomic E-state index is 0.0359. The molecule has 1 aliphatic carbocycles. The molecule has 0 saturated carbocycles. The summed E-state index contributed by atoms with van der Waals surface area (Å²) in [6.45, 7) is 1.50. The van der Waals surface area contributed by atoms with Gasteiger partial charge in [0, 0.05) is 17.8 Å². The zero-order valence-electron chi connectivity index (χ0n) is 20.2. The van der Waals surface area contributed by atoms with Crippen molar-refractivity contribution in [3.63, 3.8) is 0 Å². The number of aliphatic carboxylic acids is 2. The normalized spacial score (nSPS) is 17.2.